The van der Waals surface area contributed by atoms with E-state index < -0.39 is 18.1 Å². The van der Waals surface area contributed by atoms with E-state index in [0.29, 0.717) is 11.7 Å². The summed E-state index contributed by atoms with van der Waals surface area (Å²) in [5, 5.41) is 11.5. The van der Waals surface area contributed by atoms with Gasteiger partial charge in [0.25, 0.3) is 0 Å². The number of amides is 1. The van der Waals surface area contributed by atoms with Gasteiger partial charge in [-0.1, -0.05) is 44.2 Å². The first-order valence-corrected chi connectivity index (χ1v) is 8.42. The Kier molecular flexibility index (Phi) is 8.43. The van der Waals surface area contributed by atoms with Gasteiger partial charge in [-0.15, -0.1) is 0 Å². The molecule has 0 unspecified atom stereocenters. The van der Waals surface area contributed by atoms with Gasteiger partial charge in [0, 0.05) is 5.75 Å². The van der Waals surface area contributed by atoms with Crippen molar-refractivity contribution in [1.29, 1.82) is 0 Å². The molecule has 0 saturated carbocycles. The van der Waals surface area contributed by atoms with E-state index in [1.807, 2.05) is 30.3 Å². The van der Waals surface area contributed by atoms with E-state index in [9.17, 15) is 9.59 Å². The predicted molar refractivity (Wildman–Crippen MR) is 88.0 cm³/mol. The molecule has 0 aromatic heterocycles. The van der Waals surface area contributed by atoms with Crippen LogP contribution in [-0.2, 0) is 16.1 Å². The summed E-state index contributed by atoms with van der Waals surface area (Å²) in [4.78, 5) is 22.8. The Labute approximate surface area is 135 Å². The topological polar surface area (TPSA) is 75.6 Å². The average Bonchev–Trinajstić information content (AvgIpc) is 2.48. The highest BCUT2D eigenvalue weighted by atomic mass is 32.2. The van der Waals surface area contributed by atoms with Crippen molar-refractivity contribution >= 4 is 23.8 Å². The number of carboxylic acid groups (broad SMARTS) is 1. The molecule has 6 heteroatoms. The van der Waals surface area contributed by atoms with E-state index >= 15 is 0 Å². The van der Waals surface area contributed by atoms with Crippen molar-refractivity contribution in [3.8, 4) is 0 Å². The maximum Gasteiger partial charge on any atom is 0.408 e. The zero-order valence-corrected chi connectivity index (χ0v) is 13.8. The molecule has 22 heavy (non-hydrogen) atoms. The number of benzene rings is 1. The lowest BCUT2D eigenvalue weighted by Crippen LogP contribution is -2.42. The third kappa shape index (κ3) is 7.93. The van der Waals surface area contributed by atoms with E-state index in [-0.39, 0.29) is 6.61 Å². The summed E-state index contributed by atoms with van der Waals surface area (Å²) in [5.74, 6) is 0.748. The zero-order valence-electron chi connectivity index (χ0n) is 13.0. The van der Waals surface area contributed by atoms with Gasteiger partial charge in [0.15, 0.2) is 0 Å². The minimum atomic E-state index is -1.05. The second-order valence-electron chi connectivity index (χ2n) is 5.35. The molecule has 0 aliphatic rings. The van der Waals surface area contributed by atoms with Crippen LogP contribution in [0.5, 0.6) is 0 Å². The summed E-state index contributed by atoms with van der Waals surface area (Å²) in [6.45, 7) is 4.36. The Morgan fingerprint density at radius 1 is 1.27 bits per heavy atom. The van der Waals surface area contributed by atoms with Gasteiger partial charge in [-0.25, -0.2) is 9.59 Å². The molecule has 0 aliphatic heterocycles. The molecule has 1 aromatic rings. The fourth-order valence-corrected chi connectivity index (χ4v) is 2.87. The van der Waals surface area contributed by atoms with E-state index in [4.69, 9.17) is 9.84 Å². The molecule has 0 fully saturated rings. The Bertz CT molecular complexity index is 464. The van der Waals surface area contributed by atoms with Crippen molar-refractivity contribution < 1.29 is 19.4 Å². The number of hydrogen-bond acceptors (Lipinski definition) is 4. The molecular formula is C16H23NO4S. The Balaban J connectivity index is 2.32. The number of ether oxygens (including phenoxy) is 1. The lowest BCUT2D eigenvalue weighted by Gasteiger charge is -2.14. The van der Waals surface area contributed by atoms with E-state index in [1.165, 1.54) is 11.8 Å². The number of aliphatic carboxylic acids is 1. The minimum Gasteiger partial charge on any atom is -0.480 e. The summed E-state index contributed by atoms with van der Waals surface area (Å²) in [6.07, 6.45) is 0.316. The molecule has 0 spiro atoms. The van der Waals surface area contributed by atoms with Crippen LogP contribution in [0, 0.1) is 5.92 Å². The van der Waals surface area contributed by atoms with Gasteiger partial charge >= 0.3 is 12.1 Å². The molecule has 5 nitrogen and oxygen atoms in total. The highest BCUT2D eigenvalue weighted by Gasteiger charge is 2.20. The molecule has 0 radical (unpaired) electrons. The number of carbonyl (C=O) groups is 2. The standard InChI is InChI=1S/C16H23NO4S/c1-12(2)8-9-22-11-14(15(18)19)17-16(20)21-10-13-6-4-3-5-7-13/h3-7,12,14H,8-11H2,1-2H3,(H,17,20)(H,18,19)/t14-/m0/s1. The SMILES string of the molecule is CC(C)CCSC[C@H](NC(=O)OCc1ccccc1)C(=O)O. The van der Waals surface area contributed by atoms with Crippen molar-refractivity contribution in [3.63, 3.8) is 0 Å². The van der Waals surface area contributed by atoms with Crippen LogP contribution in [0.1, 0.15) is 25.8 Å². The Morgan fingerprint density at radius 3 is 2.55 bits per heavy atom. The van der Waals surface area contributed by atoms with Crippen molar-refractivity contribution in [3.05, 3.63) is 35.9 Å². The third-order valence-electron chi connectivity index (χ3n) is 2.93. The summed E-state index contributed by atoms with van der Waals surface area (Å²) in [7, 11) is 0. The average molecular weight is 325 g/mol. The van der Waals surface area contributed by atoms with Gasteiger partial charge in [-0.05, 0) is 23.7 Å². The Morgan fingerprint density at radius 2 is 1.95 bits per heavy atom. The quantitative estimate of drug-likeness (QED) is 0.682. The first kappa shape index (κ1) is 18.4. The van der Waals surface area contributed by atoms with Gasteiger partial charge < -0.3 is 15.2 Å². The highest BCUT2D eigenvalue weighted by Crippen LogP contribution is 2.10. The second-order valence-corrected chi connectivity index (χ2v) is 6.50. The van der Waals surface area contributed by atoms with Crippen molar-refractivity contribution in [2.24, 2.45) is 5.92 Å². The zero-order chi connectivity index (χ0) is 16.4. The summed E-state index contributed by atoms with van der Waals surface area (Å²) in [5.41, 5.74) is 0.857. The molecule has 1 atom stereocenters. The number of carboxylic acids is 1. The van der Waals surface area contributed by atoms with Crippen LogP contribution in [0.3, 0.4) is 0 Å². The van der Waals surface area contributed by atoms with Crippen LogP contribution in [0.4, 0.5) is 4.79 Å². The van der Waals surface area contributed by atoms with Crippen molar-refractivity contribution in [2.75, 3.05) is 11.5 Å². The van der Waals surface area contributed by atoms with Gasteiger partial charge in [0.2, 0.25) is 0 Å². The number of nitrogens with one attached hydrogen (secondary N) is 1. The number of hydrogen-bond donors (Lipinski definition) is 2. The number of alkyl carbamates (subject to hydrolysis) is 1. The van der Waals surface area contributed by atoms with Crippen LogP contribution >= 0.6 is 11.8 Å². The number of carbonyl (C=O) groups excluding carboxylic acids is 1. The van der Waals surface area contributed by atoms with Crippen LogP contribution in [0.25, 0.3) is 0 Å². The molecule has 122 valence electrons. The fraction of sp³-hybridized carbons (Fsp3) is 0.500. The monoisotopic (exact) mass is 325 g/mol. The maximum absolute atomic E-state index is 11.7. The second kappa shape index (κ2) is 10.1. The molecule has 0 heterocycles. The molecule has 1 amide bonds. The van der Waals surface area contributed by atoms with Crippen molar-refractivity contribution in [1.82, 2.24) is 5.32 Å². The molecule has 0 aliphatic carbocycles. The predicted octanol–water partition coefficient (Wildman–Crippen LogP) is 3.15. The lowest BCUT2D eigenvalue weighted by molar-refractivity contribution is -0.138. The molecule has 1 aromatic carbocycles. The first-order valence-electron chi connectivity index (χ1n) is 7.26. The molecule has 2 N–H and O–H groups in total. The fourth-order valence-electron chi connectivity index (χ4n) is 1.60. The van der Waals surface area contributed by atoms with E-state index in [2.05, 4.69) is 19.2 Å². The lowest BCUT2D eigenvalue weighted by atomic mass is 10.2. The van der Waals surface area contributed by atoms with Crippen LogP contribution in [-0.4, -0.2) is 34.7 Å². The van der Waals surface area contributed by atoms with Gasteiger partial charge in [-0.2, -0.15) is 11.8 Å². The van der Waals surface area contributed by atoms with Crippen LogP contribution < -0.4 is 5.32 Å². The van der Waals surface area contributed by atoms with Gasteiger partial charge in [0.1, 0.15) is 12.6 Å². The minimum absolute atomic E-state index is 0.125. The van der Waals surface area contributed by atoms with E-state index in [1.54, 1.807) is 0 Å². The Hall–Kier alpha value is -1.69. The van der Waals surface area contributed by atoms with Crippen molar-refractivity contribution in [2.45, 2.75) is 32.9 Å². The molecule has 0 bridgehead atoms. The first-order chi connectivity index (χ1) is 10.5. The summed E-state index contributed by atoms with van der Waals surface area (Å²) < 4.78 is 5.03. The largest absolute Gasteiger partial charge is 0.480 e. The number of rotatable bonds is 9. The van der Waals surface area contributed by atoms with Crippen LogP contribution in [0.2, 0.25) is 0 Å². The third-order valence-corrected chi connectivity index (χ3v) is 4.02. The summed E-state index contributed by atoms with van der Waals surface area (Å²) >= 11 is 1.52. The highest BCUT2D eigenvalue weighted by molar-refractivity contribution is 7.99. The summed E-state index contributed by atoms with van der Waals surface area (Å²) in [6, 6.07) is 8.32. The van der Waals surface area contributed by atoms with E-state index in [0.717, 1.165) is 17.7 Å². The smallest absolute Gasteiger partial charge is 0.408 e. The maximum atomic E-state index is 11.7. The molecular weight excluding hydrogens is 302 g/mol. The normalized spacial score (nSPS) is 12.0. The van der Waals surface area contributed by atoms with Gasteiger partial charge in [-0.3, -0.25) is 0 Å². The van der Waals surface area contributed by atoms with Gasteiger partial charge in [0.05, 0.1) is 0 Å². The molecule has 0 saturated heterocycles. The molecule has 1 rings (SSSR count). The van der Waals surface area contributed by atoms with Crippen LogP contribution in [0.15, 0.2) is 30.3 Å². The number of thioether (sulfide) groups is 1.